The Kier molecular flexibility index (Phi) is 4.12. The molecule has 1 fully saturated rings. The van der Waals surface area contributed by atoms with Gasteiger partial charge in [0.25, 0.3) is 0 Å². The molecule has 1 aliphatic rings. The average molecular weight is 220 g/mol. The molecule has 0 atom stereocenters. The summed E-state index contributed by atoms with van der Waals surface area (Å²) < 4.78 is 0. The highest BCUT2D eigenvalue weighted by Crippen LogP contribution is 2.20. The Balaban J connectivity index is 2.77. The minimum absolute atomic E-state index is 0.0689. The van der Waals surface area contributed by atoms with Crippen LogP contribution >= 0.6 is 0 Å². The summed E-state index contributed by atoms with van der Waals surface area (Å²) in [5, 5.41) is 9.02. The van der Waals surface area contributed by atoms with Crippen molar-refractivity contribution in [2.45, 2.75) is 40.0 Å². The van der Waals surface area contributed by atoms with E-state index in [9.17, 15) is 4.79 Å². The number of nitrogens with zero attached hydrogens (tertiary/aromatic N) is 2. The van der Waals surface area contributed by atoms with Crippen molar-refractivity contribution in [3.63, 3.8) is 0 Å². The Hall–Kier alpha value is -1.30. The minimum atomic E-state index is -0.475. The molecule has 3 nitrogen and oxygen atoms in total. The molecule has 0 amide bonds. The first-order valence-electron chi connectivity index (χ1n) is 5.86. The molecule has 3 heteroatoms. The maximum atomic E-state index is 12.0. The fourth-order valence-electron chi connectivity index (χ4n) is 1.77. The lowest BCUT2D eigenvalue weighted by molar-refractivity contribution is -0.122. The van der Waals surface area contributed by atoms with Gasteiger partial charge in [0.05, 0.1) is 0 Å². The van der Waals surface area contributed by atoms with Crippen molar-refractivity contribution >= 4 is 5.78 Å². The van der Waals surface area contributed by atoms with Crippen molar-refractivity contribution in [1.82, 2.24) is 4.90 Å². The van der Waals surface area contributed by atoms with Gasteiger partial charge >= 0.3 is 0 Å². The number of likely N-dealkylation sites (tertiary alicyclic amines) is 1. The van der Waals surface area contributed by atoms with Gasteiger partial charge in [-0.2, -0.15) is 5.26 Å². The second-order valence-corrected chi connectivity index (χ2v) is 5.33. The molecule has 1 saturated heterocycles. The van der Waals surface area contributed by atoms with Crippen LogP contribution in [0.4, 0.5) is 0 Å². The maximum absolute atomic E-state index is 12.0. The summed E-state index contributed by atoms with van der Waals surface area (Å²) in [6.45, 7) is 7.45. The number of ketones is 1. The monoisotopic (exact) mass is 220 g/mol. The van der Waals surface area contributed by atoms with Crippen molar-refractivity contribution in [2.24, 2.45) is 5.41 Å². The van der Waals surface area contributed by atoms with Crippen LogP contribution in [0.1, 0.15) is 40.0 Å². The molecule has 16 heavy (non-hydrogen) atoms. The van der Waals surface area contributed by atoms with Crippen molar-refractivity contribution in [2.75, 3.05) is 13.1 Å². The molecule has 0 radical (unpaired) electrons. The zero-order chi connectivity index (χ0) is 12.2. The van der Waals surface area contributed by atoms with Gasteiger partial charge in [0.2, 0.25) is 0 Å². The van der Waals surface area contributed by atoms with Gasteiger partial charge in [-0.3, -0.25) is 4.79 Å². The molecule has 1 aliphatic heterocycles. The maximum Gasteiger partial charge on any atom is 0.180 e. The molecule has 88 valence electrons. The summed E-state index contributed by atoms with van der Waals surface area (Å²) in [6.07, 6.45) is 5.30. The lowest BCUT2D eigenvalue weighted by Crippen LogP contribution is -2.28. The molecule has 1 heterocycles. The minimum Gasteiger partial charge on any atom is -0.376 e. The Morgan fingerprint density at radius 1 is 1.25 bits per heavy atom. The summed E-state index contributed by atoms with van der Waals surface area (Å²) >= 11 is 0. The number of Topliss-reactive ketones (excluding diaryl/α,β-unsaturated/α-hetero) is 1. The Morgan fingerprint density at radius 3 is 2.25 bits per heavy atom. The molecule has 0 aromatic rings. The van der Waals surface area contributed by atoms with Crippen molar-refractivity contribution in [3.8, 4) is 6.07 Å². The van der Waals surface area contributed by atoms with Crippen LogP contribution in [0.5, 0.6) is 0 Å². The first-order chi connectivity index (χ1) is 7.45. The van der Waals surface area contributed by atoms with Crippen molar-refractivity contribution < 1.29 is 4.79 Å². The first-order valence-corrected chi connectivity index (χ1v) is 5.86. The van der Waals surface area contributed by atoms with Crippen molar-refractivity contribution in [1.29, 1.82) is 5.26 Å². The van der Waals surface area contributed by atoms with Gasteiger partial charge in [-0.1, -0.05) is 20.8 Å². The molecular weight excluding hydrogens is 200 g/mol. The predicted octanol–water partition coefficient (Wildman–Crippen LogP) is 2.49. The molecule has 0 aromatic heterocycles. The Bertz CT molecular complexity index is 325. The van der Waals surface area contributed by atoms with E-state index in [0.717, 1.165) is 25.9 Å². The number of carbonyl (C=O) groups excluding carboxylic acids is 1. The number of hydrogen-bond acceptors (Lipinski definition) is 3. The third-order valence-corrected chi connectivity index (χ3v) is 2.75. The highest BCUT2D eigenvalue weighted by molar-refractivity contribution is 6.02. The fraction of sp³-hybridized carbons (Fsp3) is 0.692. The molecule has 0 unspecified atom stereocenters. The van der Waals surface area contributed by atoms with Crippen LogP contribution in [0.15, 0.2) is 11.8 Å². The number of allylic oxidation sites excluding steroid dienone is 1. The second kappa shape index (κ2) is 5.16. The zero-order valence-electron chi connectivity index (χ0n) is 10.4. The van der Waals surface area contributed by atoms with E-state index in [1.807, 2.05) is 26.8 Å². The summed E-state index contributed by atoms with van der Waals surface area (Å²) in [6, 6.07) is 2.03. The van der Waals surface area contributed by atoms with Gasteiger partial charge in [0.1, 0.15) is 11.6 Å². The van der Waals surface area contributed by atoms with Crippen LogP contribution in [0.2, 0.25) is 0 Å². The largest absolute Gasteiger partial charge is 0.376 e. The van der Waals surface area contributed by atoms with E-state index in [4.69, 9.17) is 5.26 Å². The molecule has 0 bridgehead atoms. The quantitative estimate of drug-likeness (QED) is 0.530. The predicted molar refractivity (Wildman–Crippen MR) is 63.6 cm³/mol. The van der Waals surface area contributed by atoms with E-state index in [-0.39, 0.29) is 11.4 Å². The van der Waals surface area contributed by atoms with Crippen LogP contribution in [-0.2, 0) is 4.79 Å². The standard InChI is InChI=1S/C13H20N2O/c1-13(2,3)12(16)11(9-14)10-15-7-5-4-6-8-15/h10H,4-8H2,1-3H3/b11-10+. The van der Waals surface area contributed by atoms with Crippen LogP contribution in [0, 0.1) is 16.7 Å². The number of piperidine rings is 1. The van der Waals surface area contributed by atoms with Crippen LogP contribution in [0.3, 0.4) is 0 Å². The van der Waals surface area contributed by atoms with E-state index >= 15 is 0 Å². The number of hydrogen-bond donors (Lipinski definition) is 0. The smallest absolute Gasteiger partial charge is 0.180 e. The summed E-state index contributed by atoms with van der Waals surface area (Å²) in [5.74, 6) is -0.0689. The molecule has 0 N–H and O–H groups in total. The number of carbonyl (C=O) groups is 1. The van der Waals surface area contributed by atoms with E-state index in [1.54, 1.807) is 6.20 Å². The zero-order valence-corrected chi connectivity index (χ0v) is 10.4. The summed E-state index contributed by atoms with van der Waals surface area (Å²) in [5.41, 5.74) is -0.188. The summed E-state index contributed by atoms with van der Waals surface area (Å²) in [4.78, 5) is 14.0. The molecule has 0 aliphatic carbocycles. The van der Waals surface area contributed by atoms with Gasteiger partial charge in [-0.05, 0) is 19.3 Å². The van der Waals surface area contributed by atoms with Gasteiger partial charge < -0.3 is 4.90 Å². The third kappa shape index (κ3) is 3.37. The fourth-order valence-corrected chi connectivity index (χ4v) is 1.77. The van der Waals surface area contributed by atoms with Crippen LogP contribution in [-0.4, -0.2) is 23.8 Å². The number of rotatable bonds is 2. The Labute approximate surface area is 97.7 Å². The molecule has 0 aromatic carbocycles. The SMILES string of the molecule is CC(C)(C)C(=O)/C(C#N)=C/N1CCCCC1. The normalized spacial score (nSPS) is 18.1. The lowest BCUT2D eigenvalue weighted by Gasteiger charge is -2.26. The topological polar surface area (TPSA) is 44.1 Å². The summed E-state index contributed by atoms with van der Waals surface area (Å²) in [7, 11) is 0. The van der Waals surface area contributed by atoms with Crippen molar-refractivity contribution in [3.05, 3.63) is 11.8 Å². The van der Waals surface area contributed by atoms with Gasteiger partial charge in [0, 0.05) is 24.7 Å². The molecular formula is C13H20N2O. The van der Waals surface area contributed by atoms with Crippen LogP contribution in [0.25, 0.3) is 0 Å². The molecule has 0 spiro atoms. The van der Waals surface area contributed by atoms with Gasteiger partial charge in [-0.15, -0.1) is 0 Å². The van der Waals surface area contributed by atoms with Gasteiger partial charge in [-0.25, -0.2) is 0 Å². The van der Waals surface area contributed by atoms with Crippen LogP contribution < -0.4 is 0 Å². The van der Waals surface area contributed by atoms with E-state index in [2.05, 4.69) is 4.90 Å². The lowest BCUT2D eigenvalue weighted by atomic mass is 9.87. The Morgan fingerprint density at radius 2 is 1.81 bits per heavy atom. The highest BCUT2D eigenvalue weighted by Gasteiger charge is 2.25. The third-order valence-electron chi connectivity index (χ3n) is 2.75. The van der Waals surface area contributed by atoms with E-state index in [0.29, 0.717) is 0 Å². The van der Waals surface area contributed by atoms with E-state index in [1.165, 1.54) is 6.42 Å². The average Bonchev–Trinajstić information content (AvgIpc) is 2.25. The van der Waals surface area contributed by atoms with E-state index < -0.39 is 5.41 Å². The first kappa shape index (κ1) is 12.8. The highest BCUT2D eigenvalue weighted by atomic mass is 16.1. The molecule has 0 saturated carbocycles. The molecule has 1 rings (SSSR count). The number of nitriles is 1. The second-order valence-electron chi connectivity index (χ2n) is 5.33. The van der Waals surface area contributed by atoms with Gasteiger partial charge in [0.15, 0.2) is 5.78 Å².